The third-order valence-corrected chi connectivity index (χ3v) is 3.41. The van der Waals surface area contributed by atoms with E-state index in [4.69, 9.17) is 14.2 Å². The van der Waals surface area contributed by atoms with E-state index in [1.165, 1.54) is 19.2 Å². The van der Waals surface area contributed by atoms with Crippen molar-refractivity contribution >= 4 is 23.3 Å². The summed E-state index contributed by atoms with van der Waals surface area (Å²) in [5.74, 6) is -0.931. The summed E-state index contributed by atoms with van der Waals surface area (Å²) in [6.07, 6.45) is 0. The molecule has 0 saturated heterocycles. The second kappa shape index (κ2) is 9.18. The molecule has 0 spiro atoms. The van der Waals surface area contributed by atoms with Gasteiger partial charge in [-0.05, 0) is 31.2 Å². The van der Waals surface area contributed by atoms with Gasteiger partial charge in [0, 0.05) is 6.07 Å². The summed E-state index contributed by atoms with van der Waals surface area (Å²) in [5, 5.41) is 13.6. The molecule has 0 atom stereocenters. The highest BCUT2D eigenvalue weighted by molar-refractivity contribution is 5.96. The van der Waals surface area contributed by atoms with Gasteiger partial charge < -0.3 is 19.5 Å². The molecule has 0 aromatic heterocycles. The molecular weight excluding hydrogens is 356 g/mol. The maximum Gasteiger partial charge on any atom is 0.338 e. The molecular formula is C18H18N2O7. The molecule has 0 fully saturated rings. The zero-order chi connectivity index (χ0) is 19.8. The van der Waals surface area contributed by atoms with E-state index in [1.807, 2.05) is 6.92 Å². The zero-order valence-electron chi connectivity index (χ0n) is 14.8. The molecule has 0 unspecified atom stereocenters. The summed E-state index contributed by atoms with van der Waals surface area (Å²) in [5.41, 5.74) is 0.00699. The molecule has 27 heavy (non-hydrogen) atoms. The maximum atomic E-state index is 12.1. The minimum atomic E-state index is -0.867. The fourth-order valence-corrected chi connectivity index (χ4v) is 2.21. The molecule has 0 bridgehead atoms. The molecule has 2 aromatic rings. The van der Waals surface area contributed by atoms with Crippen LogP contribution in [-0.2, 0) is 9.53 Å². The van der Waals surface area contributed by atoms with Crippen molar-refractivity contribution in [2.75, 3.05) is 25.6 Å². The van der Waals surface area contributed by atoms with E-state index in [-0.39, 0.29) is 17.0 Å². The van der Waals surface area contributed by atoms with Crippen LogP contribution in [0.5, 0.6) is 11.5 Å². The number of hydrogen-bond acceptors (Lipinski definition) is 7. The van der Waals surface area contributed by atoms with E-state index < -0.39 is 23.4 Å². The first-order valence-corrected chi connectivity index (χ1v) is 7.97. The monoisotopic (exact) mass is 374 g/mol. The summed E-state index contributed by atoms with van der Waals surface area (Å²) >= 11 is 0. The highest BCUT2D eigenvalue weighted by Crippen LogP contribution is 2.28. The molecule has 0 aliphatic heterocycles. The van der Waals surface area contributed by atoms with E-state index >= 15 is 0 Å². The number of para-hydroxylation sites is 2. The van der Waals surface area contributed by atoms with Gasteiger partial charge in [-0.25, -0.2) is 4.79 Å². The van der Waals surface area contributed by atoms with Gasteiger partial charge in [0.1, 0.15) is 5.75 Å². The van der Waals surface area contributed by atoms with Crippen LogP contribution in [-0.4, -0.2) is 37.1 Å². The minimum Gasteiger partial charge on any atom is -0.492 e. The molecule has 0 saturated carbocycles. The van der Waals surface area contributed by atoms with Gasteiger partial charge in [-0.1, -0.05) is 12.1 Å². The Morgan fingerprint density at radius 1 is 1.15 bits per heavy atom. The topological polar surface area (TPSA) is 117 Å². The Morgan fingerprint density at radius 2 is 1.89 bits per heavy atom. The molecule has 0 radical (unpaired) electrons. The predicted molar refractivity (Wildman–Crippen MR) is 96.2 cm³/mol. The Morgan fingerprint density at radius 3 is 2.56 bits per heavy atom. The fourth-order valence-electron chi connectivity index (χ4n) is 2.21. The van der Waals surface area contributed by atoms with Crippen molar-refractivity contribution in [1.29, 1.82) is 0 Å². The predicted octanol–water partition coefficient (Wildman–Crippen LogP) is 2.80. The van der Waals surface area contributed by atoms with Crippen molar-refractivity contribution in [2.45, 2.75) is 6.92 Å². The summed E-state index contributed by atoms with van der Waals surface area (Å²) in [7, 11) is 1.28. The van der Waals surface area contributed by atoms with Crippen molar-refractivity contribution in [1.82, 2.24) is 0 Å². The van der Waals surface area contributed by atoms with Gasteiger partial charge in [0.2, 0.25) is 0 Å². The van der Waals surface area contributed by atoms with E-state index in [1.54, 1.807) is 24.3 Å². The molecule has 2 aromatic carbocycles. The third kappa shape index (κ3) is 5.18. The molecule has 9 heteroatoms. The van der Waals surface area contributed by atoms with Crippen molar-refractivity contribution in [3.05, 3.63) is 58.1 Å². The van der Waals surface area contributed by atoms with Gasteiger partial charge in [-0.15, -0.1) is 0 Å². The summed E-state index contributed by atoms with van der Waals surface area (Å²) in [4.78, 5) is 34.4. The van der Waals surface area contributed by atoms with Crippen LogP contribution in [0.2, 0.25) is 0 Å². The SMILES string of the molecule is CCOc1ccccc1NC(=O)COC(=O)c1ccc(OC)c([N+](=O)[O-])c1. The number of hydrogen-bond donors (Lipinski definition) is 1. The largest absolute Gasteiger partial charge is 0.492 e. The second-order valence-corrected chi connectivity index (χ2v) is 5.20. The van der Waals surface area contributed by atoms with Gasteiger partial charge in [0.25, 0.3) is 5.91 Å². The van der Waals surface area contributed by atoms with Gasteiger partial charge in [-0.2, -0.15) is 0 Å². The number of nitrogens with zero attached hydrogens (tertiary/aromatic N) is 1. The Kier molecular flexibility index (Phi) is 6.70. The standard InChI is InChI=1S/C18H18N2O7/c1-3-26-15-7-5-4-6-13(15)19-17(21)11-27-18(22)12-8-9-16(25-2)14(10-12)20(23)24/h4-10H,3,11H2,1-2H3,(H,19,21). The van der Waals surface area contributed by atoms with Crippen molar-refractivity contribution in [3.63, 3.8) is 0 Å². The highest BCUT2D eigenvalue weighted by atomic mass is 16.6. The Labute approximate surface area is 155 Å². The molecule has 0 aliphatic rings. The van der Waals surface area contributed by atoms with Crippen molar-refractivity contribution in [2.24, 2.45) is 0 Å². The summed E-state index contributed by atoms with van der Waals surface area (Å²) < 4.78 is 15.2. The quantitative estimate of drug-likeness (QED) is 0.429. The second-order valence-electron chi connectivity index (χ2n) is 5.20. The lowest BCUT2D eigenvalue weighted by Gasteiger charge is -2.11. The van der Waals surface area contributed by atoms with Gasteiger partial charge in [0.05, 0.1) is 29.9 Å². The molecule has 2 rings (SSSR count). The minimum absolute atomic E-state index is 0.0156. The first-order chi connectivity index (χ1) is 13.0. The number of anilines is 1. The molecule has 142 valence electrons. The number of carbonyl (C=O) groups excluding carboxylic acids is 2. The Bertz CT molecular complexity index is 851. The Balaban J connectivity index is 2.00. The number of esters is 1. The molecule has 0 heterocycles. The number of amides is 1. The number of methoxy groups -OCH3 is 1. The first kappa shape index (κ1) is 19.7. The van der Waals surface area contributed by atoms with Crippen LogP contribution in [0.1, 0.15) is 17.3 Å². The molecule has 1 N–H and O–H groups in total. The molecule has 0 aliphatic carbocycles. The number of nitro groups is 1. The van der Waals surface area contributed by atoms with E-state index in [2.05, 4.69) is 5.32 Å². The Hall–Kier alpha value is -3.62. The van der Waals surface area contributed by atoms with E-state index in [9.17, 15) is 19.7 Å². The summed E-state index contributed by atoms with van der Waals surface area (Å²) in [6.45, 7) is 1.69. The average molecular weight is 374 g/mol. The van der Waals surface area contributed by atoms with Gasteiger partial charge in [-0.3, -0.25) is 14.9 Å². The number of nitro benzene ring substituents is 1. The van der Waals surface area contributed by atoms with Gasteiger partial charge >= 0.3 is 11.7 Å². The number of ether oxygens (including phenoxy) is 3. The molecule has 9 nitrogen and oxygen atoms in total. The lowest BCUT2D eigenvalue weighted by Crippen LogP contribution is -2.21. The smallest absolute Gasteiger partial charge is 0.338 e. The number of rotatable bonds is 8. The van der Waals surface area contributed by atoms with Crippen molar-refractivity contribution < 1.29 is 28.7 Å². The summed E-state index contributed by atoms with van der Waals surface area (Å²) in [6, 6.07) is 10.5. The van der Waals surface area contributed by atoms with Crippen LogP contribution in [0.4, 0.5) is 11.4 Å². The van der Waals surface area contributed by atoms with Crippen LogP contribution in [0.3, 0.4) is 0 Å². The lowest BCUT2D eigenvalue weighted by molar-refractivity contribution is -0.385. The maximum absolute atomic E-state index is 12.1. The highest BCUT2D eigenvalue weighted by Gasteiger charge is 2.19. The number of nitrogens with one attached hydrogen (secondary N) is 1. The fraction of sp³-hybridized carbons (Fsp3) is 0.222. The van der Waals surface area contributed by atoms with E-state index in [0.717, 1.165) is 6.07 Å². The molecule has 1 amide bonds. The van der Waals surface area contributed by atoms with Crippen LogP contribution in [0.15, 0.2) is 42.5 Å². The van der Waals surface area contributed by atoms with Crippen LogP contribution < -0.4 is 14.8 Å². The third-order valence-electron chi connectivity index (χ3n) is 3.41. The van der Waals surface area contributed by atoms with E-state index in [0.29, 0.717) is 18.0 Å². The normalized spacial score (nSPS) is 10.0. The number of carbonyl (C=O) groups is 2. The van der Waals surface area contributed by atoms with Crippen LogP contribution >= 0.6 is 0 Å². The van der Waals surface area contributed by atoms with Gasteiger partial charge in [0.15, 0.2) is 12.4 Å². The van der Waals surface area contributed by atoms with Crippen LogP contribution in [0.25, 0.3) is 0 Å². The number of benzene rings is 2. The first-order valence-electron chi connectivity index (χ1n) is 7.97. The lowest BCUT2D eigenvalue weighted by atomic mass is 10.2. The zero-order valence-corrected chi connectivity index (χ0v) is 14.8. The van der Waals surface area contributed by atoms with Crippen molar-refractivity contribution in [3.8, 4) is 11.5 Å². The van der Waals surface area contributed by atoms with Crippen LogP contribution in [0, 0.1) is 10.1 Å². The average Bonchev–Trinajstić information content (AvgIpc) is 2.67.